The van der Waals surface area contributed by atoms with Crippen LogP contribution in [0.3, 0.4) is 0 Å². The molecular formula is C11H11ClS2. The van der Waals surface area contributed by atoms with Gasteiger partial charge in [0.2, 0.25) is 0 Å². The maximum absolute atomic E-state index is 5.96. The van der Waals surface area contributed by atoms with Gasteiger partial charge in [-0.25, -0.2) is 0 Å². The number of rotatable bonds is 1. The summed E-state index contributed by atoms with van der Waals surface area (Å²) in [5, 5.41) is 0. The Kier molecular flexibility index (Phi) is 3.37. The van der Waals surface area contributed by atoms with Gasteiger partial charge in [0.15, 0.2) is 0 Å². The number of hydrogen-bond donors (Lipinski definition) is 0. The molecule has 0 spiro atoms. The van der Waals surface area contributed by atoms with Crippen LogP contribution in [0.2, 0.25) is 0 Å². The number of thiophene rings is 1. The van der Waals surface area contributed by atoms with Gasteiger partial charge in [-0.15, -0.1) is 23.1 Å². The van der Waals surface area contributed by atoms with Crippen molar-refractivity contribution in [2.45, 2.75) is 13.3 Å². The van der Waals surface area contributed by atoms with Crippen molar-refractivity contribution in [2.75, 3.05) is 5.75 Å². The highest BCUT2D eigenvalue weighted by Gasteiger charge is 2.07. The first-order valence-electron chi connectivity index (χ1n) is 4.51. The van der Waals surface area contributed by atoms with Gasteiger partial charge in [0.05, 0.1) is 4.36 Å². The predicted octanol–water partition coefficient (Wildman–Crippen LogP) is 4.66. The topological polar surface area (TPSA) is 0 Å². The van der Waals surface area contributed by atoms with Crippen LogP contribution >= 0.6 is 34.7 Å². The van der Waals surface area contributed by atoms with Crippen molar-refractivity contribution in [3.63, 3.8) is 0 Å². The Labute approximate surface area is 97.7 Å². The molecule has 0 aliphatic carbocycles. The zero-order valence-electron chi connectivity index (χ0n) is 7.92. The van der Waals surface area contributed by atoms with Gasteiger partial charge in [-0.2, -0.15) is 0 Å². The standard InChI is InChI=1S/C11H11ClS2/c1-8-2-4-10(14-8)9-3-5-11(12)13-7-6-9/h2-5H,6-7H2,1H3. The normalized spacial score (nSPS) is 17.3. The van der Waals surface area contributed by atoms with E-state index in [1.807, 2.05) is 17.4 Å². The Morgan fingerprint density at radius 1 is 1.29 bits per heavy atom. The summed E-state index contributed by atoms with van der Waals surface area (Å²) in [6, 6.07) is 4.37. The highest BCUT2D eigenvalue weighted by Crippen LogP contribution is 2.32. The first-order chi connectivity index (χ1) is 6.75. The van der Waals surface area contributed by atoms with Crippen LogP contribution in [-0.4, -0.2) is 5.75 Å². The van der Waals surface area contributed by atoms with Crippen LogP contribution in [0.15, 0.2) is 28.6 Å². The number of thioether (sulfide) groups is 1. The maximum Gasteiger partial charge on any atom is 0.0735 e. The van der Waals surface area contributed by atoms with Gasteiger partial charge >= 0.3 is 0 Å². The molecule has 0 N–H and O–H groups in total. The number of hydrogen-bond acceptors (Lipinski definition) is 2. The molecule has 0 saturated carbocycles. The minimum Gasteiger partial charge on any atom is -0.141 e. The molecule has 0 unspecified atom stereocenters. The second-order valence-corrected chi connectivity index (χ2v) is 6.23. The van der Waals surface area contributed by atoms with Crippen molar-refractivity contribution >= 4 is 40.3 Å². The highest BCUT2D eigenvalue weighted by molar-refractivity contribution is 8.04. The molecule has 1 aliphatic heterocycles. The largest absolute Gasteiger partial charge is 0.141 e. The quantitative estimate of drug-likeness (QED) is 0.691. The Bertz CT molecular complexity index is 388. The van der Waals surface area contributed by atoms with Crippen LogP contribution in [0.25, 0.3) is 5.57 Å². The van der Waals surface area contributed by atoms with E-state index in [-0.39, 0.29) is 0 Å². The summed E-state index contributed by atoms with van der Waals surface area (Å²) >= 11 is 9.54. The zero-order chi connectivity index (χ0) is 9.97. The molecule has 0 atom stereocenters. The van der Waals surface area contributed by atoms with Gasteiger partial charge < -0.3 is 0 Å². The van der Waals surface area contributed by atoms with Crippen molar-refractivity contribution in [3.05, 3.63) is 38.4 Å². The lowest BCUT2D eigenvalue weighted by molar-refractivity contribution is 1.28. The molecule has 0 amide bonds. The van der Waals surface area contributed by atoms with E-state index in [1.165, 1.54) is 15.3 Å². The maximum atomic E-state index is 5.96. The molecule has 0 nitrogen and oxygen atoms in total. The van der Waals surface area contributed by atoms with Crippen LogP contribution < -0.4 is 0 Å². The highest BCUT2D eigenvalue weighted by atomic mass is 35.5. The summed E-state index contributed by atoms with van der Waals surface area (Å²) in [7, 11) is 0. The monoisotopic (exact) mass is 242 g/mol. The van der Waals surface area contributed by atoms with Gasteiger partial charge in [0.25, 0.3) is 0 Å². The Morgan fingerprint density at radius 2 is 2.14 bits per heavy atom. The molecule has 14 heavy (non-hydrogen) atoms. The number of halogens is 1. The molecule has 0 saturated heterocycles. The third-order valence-corrected chi connectivity index (χ3v) is 4.43. The second-order valence-electron chi connectivity index (χ2n) is 3.17. The van der Waals surface area contributed by atoms with E-state index < -0.39 is 0 Å². The van der Waals surface area contributed by atoms with Gasteiger partial charge in [0, 0.05) is 15.5 Å². The fraction of sp³-hybridized carbons (Fsp3) is 0.273. The third-order valence-electron chi connectivity index (χ3n) is 2.08. The molecule has 2 rings (SSSR count). The van der Waals surface area contributed by atoms with Crippen LogP contribution in [0.5, 0.6) is 0 Å². The van der Waals surface area contributed by atoms with E-state index in [2.05, 4.69) is 25.1 Å². The first kappa shape index (κ1) is 10.3. The fourth-order valence-electron chi connectivity index (χ4n) is 1.37. The van der Waals surface area contributed by atoms with Gasteiger partial charge in [-0.1, -0.05) is 17.7 Å². The number of aryl methyl sites for hydroxylation is 1. The SMILES string of the molecule is Cc1ccc(C2=CC=C(Cl)SCC2)s1. The summed E-state index contributed by atoms with van der Waals surface area (Å²) in [4.78, 5) is 2.75. The average Bonchev–Trinajstić information content (AvgIpc) is 2.46. The number of allylic oxidation sites excluding steroid dienone is 3. The molecule has 0 aromatic carbocycles. The molecule has 1 aromatic rings. The summed E-state index contributed by atoms with van der Waals surface area (Å²) in [5.74, 6) is 1.08. The minimum atomic E-state index is 0.897. The van der Waals surface area contributed by atoms with Gasteiger partial charge in [-0.3, -0.25) is 0 Å². The zero-order valence-corrected chi connectivity index (χ0v) is 10.3. The van der Waals surface area contributed by atoms with E-state index in [9.17, 15) is 0 Å². The third kappa shape index (κ3) is 2.44. The summed E-state index contributed by atoms with van der Waals surface area (Å²) in [6.07, 6.45) is 5.26. The van der Waals surface area contributed by atoms with Crippen molar-refractivity contribution < 1.29 is 0 Å². The Morgan fingerprint density at radius 3 is 2.86 bits per heavy atom. The van der Waals surface area contributed by atoms with E-state index in [1.54, 1.807) is 11.8 Å². The van der Waals surface area contributed by atoms with Crippen molar-refractivity contribution in [3.8, 4) is 0 Å². The lowest BCUT2D eigenvalue weighted by Gasteiger charge is -2.00. The predicted molar refractivity (Wildman–Crippen MR) is 68.0 cm³/mol. The molecule has 0 bridgehead atoms. The Balaban J connectivity index is 2.26. The lowest BCUT2D eigenvalue weighted by Crippen LogP contribution is -1.81. The van der Waals surface area contributed by atoms with Crippen molar-refractivity contribution in [2.24, 2.45) is 0 Å². The molecule has 1 aromatic heterocycles. The molecule has 0 fully saturated rings. The van der Waals surface area contributed by atoms with Crippen LogP contribution in [0.4, 0.5) is 0 Å². The van der Waals surface area contributed by atoms with Gasteiger partial charge in [-0.05, 0) is 37.1 Å². The second kappa shape index (κ2) is 4.56. The average molecular weight is 243 g/mol. The van der Waals surface area contributed by atoms with E-state index in [0.29, 0.717) is 0 Å². The summed E-state index contributed by atoms with van der Waals surface area (Å²) < 4.78 is 0.897. The van der Waals surface area contributed by atoms with Crippen LogP contribution in [-0.2, 0) is 0 Å². The molecule has 2 heterocycles. The molecule has 74 valence electrons. The van der Waals surface area contributed by atoms with Crippen molar-refractivity contribution in [1.29, 1.82) is 0 Å². The molecular weight excluding hydrogens is 232 g/mol. The van der Waals surface area contributed by atoms with E-state index in [0.717, 1.165) is 16.5 Å². The van der Waals surface area contributed by atoms with E-state index in [4.69, 9.17) is 11.6 Å². The van der Waals surface area contributed by atoms with E-state index >= 15 is 0 Å². The molecule has 0 radical (unpaired) electrons. The summed E-state index contributed by atoms with van der Waals surface area (Å²) in [5.41, 5.74) is 1.41. The smallest absolute Gasteiger partial charge is 0.0735 e. The fourth-order valence-corrected chi connectivity index (χ4v) is 3.26. The molecule has 1 aliphatic rings. The first-order valence-corrected chi connectivity index (χ1v) is 6.70. The van der Waals surface area contributed by atoms with Crippen molar-refractivity contribution in [1.82, 2.24) is 0 Å². The summed E-state index contributed by atoms with van der Waals surface area (Å²) in [6.45, 7) is 2.14. The van der Waals surface area contributed by atoms with Gasteiger partial charge in [0.1, 0.15) is 0 Å². The van der Waals surface area contributed by atoms with Crippen LogP contribution in [0, 0.1) is 6.92 Å². The lowest BCUT2D eigenvalue weighted by atomic mass is 10.1. The Hall–Kier alpha value is -0.180. The van der Waals surface area contributed by atoms with Crippen LogP contribution in [0.1, 0.15) is 16.2 Å². The minimum absolute atomic E-state index is 0.897. The molecule has 3 heteroatoms.